The molecule has 0 atom stereocenters. The van der Waals surface area contributed by atoms with Crippen LogP contribution in [-0.2, 0) is 6.54 Å². The fourth-order valence-electron chi connectivity index (χ4n) is 2.28. The molecule has 2 aromatic carbocycles. The number of carbonyl (C=O) groups excluding carboxylic acids is 1. The van der Waals surface area contributed by atoms with Gasteiger partial charge < -0.3 is 9.47 Å². The number of rotatable bonds is 5. The van der Waals surface area contributed by atoms with Gasteiger partial charge in [0.15, 0.2) is 11.5 Å². The summed E-state index contributed by atoms with van der Waals surface area (Å²) >= 11 is 6.10. The van der Waals surface area contributed by atoms with E-state index < -0.39 is 5.97 Å². The molecule has 1 aromatic heterocycles. The third-order valence-corrected chi connectivity index (χ3v) is 3.83. The number of hydrogen-bond acceptors (Lipinski definition) is 6. The van der Waals surface area contributed by atoms with Crippen molar-refractivity contribution in [2.24, 2.45) is 0 Å². The second-order valence-electron chi connectivity index (χ2n) is 5.28. The first-order chi connectivity index (χ1) is 12.6. The number of ether oxygens (including phenoxy) is 2. The number of methoxy groups -OCH3 is 1. The van der Waals surface area contributed by atoms with Gasteiger partial charge in [-0.3, -0.25) is 0 Å². The minimum atomic E-state index is -0.581. The van der Waals surface area contributed by atoms with Crippen molar-refractivity contribution in [1.82, 2.24) is 14.8 Å². The Hall–Kier alpha value is -3.37. The summed E-state index contributed by atoms with van der Waals surface area (Å²) in [7, 11) is 1.41. The fourth-order valence-corrected chi connectivity index (χ4v) is 2.53. The lowest BCUT2D eigenvalue weighted by Gasteiger charge is -2.11. The quantitative estimate of drug-likeness (QED) is 0.507. The Bertz CT molecular complexity index is 963. The predicted octanol–water partition coefficient (Wildman–Crippen LogP) is 3.08. The maximum Gasteiger partial charge on any atom is 0.343 e. The lowest BCUT2D eigenvalue weighted by atomic mass is 10.1. The van der Waals surface area contributed by atoms with Gasteiger partial charge in [0.05, 0.1) is 35.9 Å². The first-order valence-electron chi connectivity index (χ1n) is 7.52. The fraction of sp³-hybridized carbons (Fsp3) is 0.111. The lowest BCUT2D eigenvalue weighted by Crippen LogP contribution is -2.10. The summed E-state index contributed by atoms with van der Waals surface area (Å²) in [5, 5.41) is 13.1. The monoisotopic (exact) mass is 368 g/mol. The molecule has 0 amide bonds. The van der Waals surface area contributed by atoms with E-state index >= 15 is 0 Å². The van der Waals surface area contributed by atoms with Crippen LogP contribution < -0.4 is 9.47 Å². The van der Waals surface area contributed by atoms with Crippen molar-refractivity contribution in [2.45, 2.75) is 6.54 Å². The average molecular weight is 369 g/mol. The first kappa shape index (κ1) is 17.5. The highest BCUT2D eigenvalue weighted by Crippen LogP contribution is 2.36. The van der Waals surface area contributed by atoms with E-state index in [2.05, 4.69) is 10.1 Å². The Morgan fingerprint density at radius 1 is 1.31 bits per heavy atom. The van der Waals surface area contributed by atoms with Gasteiger partial charge in [-0.1, -0.05) is 23.7 Å². The van der Waals surface area contributed by atoms with E-state index in [9.17, 15) is 4.79 Å². The zero-order chi connectivity index (χ0) is 18.5. The van der Waals surface area contributed by atoms with Crippen molar-refractivity contribution < 1.29 is 14.3 Å². The third kappa shape index (κ3) is 3.82. The van der Waals surface area contributed by atoms with Gasteiger partial charge in [0.1, 0.15) is 12.7 Å². The zero-order valence-corrected chi connectivity index (χ0v) is 14.5. The van der Waals surface area contributed by atoms with E-state index in [1.165, 1.54) is 25.6 Å². The van der Waals surface area contributed by atoms with E-state index in [0.717, 1.165) is 5.56 Å². The number of carbonyl (C=O) groups is 1. The maximum atomic E-state index is 12.4. The Labute approximate surface area is 154 Å². The third-order valence-electron chi connectivity index (χ3n) is 3.55. The topological polar surface area (TPSA) is 90.0 Å². The second-order valence-corrected chi connectivity index (χ2v) is 5.69. The van der Waals surface area contributed by atoms with Gasteiger partial charge in [-0.05, 0) is 23.8 Å². The van der Waals surface area contributed by atoms with E-state index in [-0.39, 0.29) is 16.5 Å². The van der Waals surface area contributed by atoms with Crippen LogP contribution in [0.3, 0.4) is 0 Å². The van der Waals surface area contributed by atoms with E-state index in [4.69, 9.17) is 26.3 Å². The average Bonchev–Trinajstić information content (AvgIpc) is 3.16. The van der Waals surface area contributed by atoms with E-state index in [1.54, 1.807) is 35.3 Å². The minimum absolute atomic E-state index is 0.0739. The Morgan fingerprint density at radius 2 is 2.08 bits per heavy atom. The Kier molecular flexibility index (Phi) is 5.15. The molecular weight excluding hydrogens is 356 g/mol. The van der Waals surface area contributed by atoms with Crippen molar-refractivity contribution in [2.75, 3.05) is 7.11 Å². The number of benzene rings is 2. The van der Waals surface area contributed by atoms with Gasteiger partial charge in [0, 0.05) is 6.07 Å². The summed E-state index contributed by atoms with van der Waals surface area (Å²) < 4.78 is 12.2. The minimum Gasteiger partial charge on any atom is -0.493 e. The number of halogens is 1. The van der Waals surface area contributed by atoms with Gasteiger partial charge >= 0.3 is 5.97 Å². The highest BCUT2D eigenvalue weighted by Gasteiger charge is 2.17. The maximum absolute atomic E-state index is 12.4. The van der Waals surface area contributed by atoms with Crippen LogP contribution in [0.2, 0.25) is 5.02 Å². The molecule has 0 saturated heterocycles. The molecule has 0 aliphatic carbocycles. The van der Waals surface area contributed by atoms with Crippen molar-refractivity contribution in [1.29, 1.82) is 5.26 Å². The molecule has 26 heavy (non-hydrogen) atoms. The molecule has 0 unspecified atom stereocenters. The molecule has 0 bridgehead atoms. The summed E-state index contributed by atoms with van der Waals surface area (Å²) in [6.07, 6.45) is 3.07. The summed E-state index contributed by atoms with van der Waals surface area (Å²) in [5.41, 5.74) is 1.62. The Morgan fingerprint density at radius 3 is 2.69 bits per heavy atom. The summed E-state index contributed by atoms with van der Waals surface area (Å²) in [6, 6.07) is 11.7. The second kappa shape index (κ2) is 7.68. The van der Waals surface area contributed by atoms with Crippen LogP contribution in [0.1, 0.15) is 21.5 Å². The molecule has 0 fully saturated rings. The van der Waals surface area contributed by atoms with Crippen LogP contribution in [-0.4, -0.2) is 27.8 Å². The van der Waals surface area contributed by atoms with Crippen molar-refractivity contribution in [3.05, 3.63) is 70.8 Å². The van der Waals surface area contributed by atoms with Crippen LogP contribution >= 0.6 is 11.6 Å². The molecule has 0 N–H and O–H groups in total. The molecule has 3 aromatic rings. The largest absolute Gasteiger partial charge is 0.493 e. The molecular formula is C18H13ClN4O3. The van der Waals surface area contributed by atoms with Gasteiger partial charge in [-0.15, -0.1) is 0 Å². The molecule has 0 aliphatic heterocycles. The number of hydrogen-bond donors (Lipinski definition) is 0. The predicted molar refractivity (Wildman–Crippen MR) is 93.2 cm³/mol. The van der Waals surface area contributed by atoms with Gasteiger partial charge in [0.25, 0.3) is 0 Å². The summed E-state index contributed by atoms with van der Waals surface area (Å²) in [5.74, 6) is -0.294. The van der Waals surface area contributed by atoms with Crippen molar-refractivity contribution in [3.63, 3.8) is 0 Å². The molecule has 8 heteroatoms. The molecule has 7 nitrogen and oxygen atoms in total. The lowest BCUT2D eigenvalue weighted by molar-refractivity contribution is 0.0730. The molecule has 130 valence electrons. The van der Waals surface area contributed by atoms with Gasteiger partial charge in [-0.25, -0.2) is 14.5 Å². The smallest absolute Gasteiger partial charge is 0.343 e. The number of nitriles is 1. The summed E-state index contributed by atoms with van der Waals surface area (Å²) in [4.78, 5) is 16.3. The van der Waals surface area contributed by atoms with Crippen LogP contribution in [0.25, 0.3) is 0 Å². The van der Waals surface area contributed by atoms with Crippen molar-refractivity contribution in [3.8, 4) is 17.6 Å². The number of nitrogens with zero attached hydrogens (tertiary/aromatic N) is 4. The molecule has 0 aliphatic rings. The van der Waals surface area contributed by atoms with Gasteiger partial charge in [0.2, 0.25) is 0 Å². The van der Waals surface area contributed by atoms with Gasteiger partial charge in [-0.2, -0.15) is 10.4 Å². The molecule has 0 saturated carbocycles. The molecule has 3 rings (SSSR count). The normalized spacial score (nSPS) is 10.2. The first-order valence-corrected chi connectivity index (χ1v) is 7.89. The molecule has 0 spiro atoms. The molecule has 1 heterocycles. The summed E-state index contributed by atoms with van der Waals surface area (Å²) in [6.45, 7) is 0.546. The van der Waals surface area contributed by atoms with Crippen LogP contribution in [0, 0.1) is 11.3 Å². The van der Waals surface area contributed by atoms with Crippen LogP contribution in [0.5, 0.6) is 11.5 Å². The number of esters is 1. The zero-order valence-electron chi connectivity index (χ0n) is 13.7. The molecule has 0 radical (unpaired) electrons. The highest BCUT2D eigenvalue weighted by atomic mass is 35.5. The van der Waals surface area contributed by atoms with Crippen LogP contribution in [0.15, 0.2) is 49.1 Å². The SMILES string of the molecule is COc1cc(C#N)cc(Cl)c1OC(=O)c1ccc(Cn2cncn2)cc1. The standard InChI is InChI=1S/C18H13ClN4O3/c1-25-16-7-13(8-20)6-15(19)17(16)26-18(24)14-4-2-12(3-5-14)9-23-11-21-10-22-23/h2-7,10-11H,9H2,1H3. The van der Waals surface area contributed by atoms with Crippen LogP contribution in [0.4, 0.5) is 0 Å². The highest BCUT2D eigenvalue weighted by molar-refractivity contribution is 6.32. The Balaban J connectivity index is 1.77. The number of aromatic nitrogens is 3. The van der Waals surface area contributed by atoms with Crippen molar-refractivity contribution >= 4 is 17.6 Å². The van der Waals surface area contributed by atoms with E-state index in [0.29, 0.717) is 17.7 Å². The van der Waals surface area contributed by atoms with E-state index in [1.807, 2.05) is 6.07 Å².